The van der Waals surface area contributed by atoms with Crippen LogP contribution >= 0.6 is 0 Å². The Morgan fingerprint density at radius 2 is 2.00 bits per heavy atom. The van der Waals surface area contributed by atoms with E-state index in [0.717, 1.165) is 0 Å². The Hall–Kier alpha value is -1.97. The predicted molar refractivity (Wildman–Crippen MR) is 68.5 cm³/mol. The van der Waals surface area contributed by atoms with E-state index in [0.29, 0.717) is 30.7 Å². The monoisotopic (exact) mass is 245 g/mol. The maximum atomic E-state index is 11.6. The molecule has 0 aliphatic heterocycles. The number of rotatable bonds is 3. The van der Waals surface area contributed by atoms with Gasteiger partial charge in [0.1, 0.15) is 23.2 Å². The van der Waals surface area contributed by atoms with Gasteiger partial charge in [-0.05, 0) is 18.6 Å². The molecular formula is C14H15NO3. The van der Waals surface area contributed by atoms with E-state index in [2.05, 4.69) is 4.99 Å². The van der Waals surface area contributed by atoms with Crippen molar-refractivity contribution in [3.63, 3.8) is 0 Å². The Bertz CT molecular complexity index is 478. The van der Waals surface area contributed by atoms with Crippen molar-refractivity contribution in [2.75, 3.05) is 7.11 Å². The van der Waals surface area contributed by atoms with Crippen molar-refractivity contribution in [1.82, 2.24) is 0 Å². The Labute approximate surface area is 106 Å². The number of nitrogens with zero attached hydrogens (tertiary/aromatic N) is 1. The van der Waals surface area contributed by atoms with Gasteiger partial charge in [0.15, 0.2) is 0 Å². The number of methoxy groups -OCH3 is 1. The van der Waals surface area contributed by atoms with Crippen LogP contribution in [0.4, 0.5) is 5.69 Å². The van der Waals surface area contributed by atoms with Crippen molar-refractivity contribution in [3.8, 4) is 5.75 Å². The van der Waals surface area contributed by atoms with Crippen molar-refractivity contribution in [2.45, 2.75) is 19.3 Å². The van der Waals surface area contributed by atoms with E-state index in [1.807, 2.05) is 12.1 Å². The van der Waals surface area contributed by atoms with Crippen LogP contribution < -0.4 is 4.74 Å². The zero-order valence-corrected chi connectivity index (χ0v) is 10.3. The molecule has 94 valence electrons. The minimum absolute atomic E-state index is 0.0297. The Kier molecular flexibility index (Phi) is 3.87. The van der Waals surface area contributed by atoms with Crippen LogP contribution in [0.1, 0.15) is 19.3 Å². The Morgan fingerprint density at radius 3 is 2.67 bits per heavy atom. The molecule has 4 heteroatoms. The Balaban J connectivity index is 2.13. The second-order valence-electron chi connectivity index (χ2n) is 4.24. The molecule has 0 heterocycles. The number of carbonyl (C=O) groups is 2. The zero-order valence-electron chi connectivity index (χ0n) is 10.3. The summed E-state index contributed by atoms with van der Waals surface area (Å²) in [5.41, 5.74) is 0.681. The molecule has 0 spiro atoms. The normalized spacial score (nSPS) is 17.4. The van der Waals surface area contributed by atoms with Crippen LogP contribution in [0.25, 0.3) is 0 Å². The zero-order chi connectivity index (χ0) is 13.0. The predicted octanol–water partition coefficient (Wildman–Crippen LogP) is 2.34. The highest BCUT2D eigenvalue weighted by atomic mass is 16.5. The van der Waals surface area contributed by atoms with Crippen LogP contribution in [-0.2, 0) is 9.59 Å². The molecule has 0 atom stereocenters. The van der Waals surface area contributed by atoms with E-state index in [1.165, 1.54) is 6.21 Å². The molecule has 0 N–H and O–H groups in total. The van der Waals surface area contributed by atoms with E-state index in [4.69, 9.17) is 4.74 Å². The molecule has 1 aromatic carbocycles. The third kappa shape index (κ3) is 2.83. The summed E-state index contributed by atoms with van der Waals surface area (Å²) < 4.78 is 5.08. The lowest BCUT2D eigenvalue weighted by Gasteiger charge is -2.14. The smallest absolute Gasteiger partial charge is 0.148 e. The van der Waals surface area contributed by atoms with Crippen LogP contribution in [-0.4, -0.2) is 24.9 Å². The summed E-state index contributed by atoms with van der Waals surface area (Å²) in [6, 6.07) is 7.19. The van der Waals surface area contributed by atoms with Crippen molar-refractivity contribution in [3.05, 3.63) is 24.3 Å². The maximum Gasteiger partial charge on any atom is 0.148 e. The van der Waals surface area contributed by atoms with Gasteiger partial charge in [0.25, 0.3) is 0 Å². The fourth-order valence-corrected chi connectivity index (χ4v) is 1.95. The molecule has 1 aliphatic rings. The molecule has 0 radical (unpaired) electrons. The molecule has 4 nitrogen and oxygen atoms in total. The maximum absolute atomic E-state index is 11.6. The van der Waals surface area contributed by atoms with Crippen LogP contribution in [0.3, 0.4) is 0 Å². The van der Waals surface area contributed by atoms with Gasteiger partial charge in [-0.3, -0.25) is 14.6 Å². The number of benzene rings is 1. The van der Waals surface area contributed by atoms with E-state index in [1.54, 1.807) is 19.2 Å². The van der Waals surface area contributed by atoms with E-state index >= 15 is 0 Å². The number of hydrogen-bond donors (Lipinski definition) is 0. The molecule has 0 bridgehead atoms. The van der Waals surface area contributed by atoms with Gasteiger partial charge in [-0.1, -0.05) is 6.07 Å². The summed E-state index contributed by atoms with van der Waals surface area (Å²) in [6.07, 6.45) is 3.07. The fourth-order valence-electron chi connectivity index (χ4n) is 1.95. The number of ether oxygens (including phenoxy) is 1. The third-order valence-corrected chi connectivity index (χ3v) is 2.97. The van der Waals surface area contributed by atoms with Crippen LogP contribution in [0.2, 0.25) is 0 Å². The highest BCUT2D eigenvalue weighted by molar-refractivity contribution is 6.16. The van der Waals surface area contributed by atoms with Gasteiger partial charge in [0.2, 0.25) is 0 Å². The molecule has 1 aromatic rings. The van der Waals surface area contributed by atoms with Crippen molar-refractivity contribution < 1.29 is 14.3 Å². The molecule has 0 saturated heterocycles. The molecule has 1 aliphatic carbocycles. The largest absolute Gasteiger partial charge is 0.497 e. The van der Waals surface area contributed by atoms with Crippen molar-refractivity contribution in [2.24, 2.45) is 10.9 Å². The highest BCUT2D eigenvalue weighted by Gasteiger charge is 2.28. The topological polar surface area (TPSA) is 55.7 Å². The summed E-state index contributed by atoms with van der Waals surface area (Å²) in [6.45, 7) is 0. The molecule has 1 saturated carbocycles. The van der Waals surface area contributed by atoms with Gasteiger partial charge < -0.3 is 4.74 Å². The first-order valence-electron chi connectivity index (χ1n) is 5.94. The van der Waals surface area contributed by atoms with E-state index in [9.17, 15) is 9.59 Å². The molecule has 1 fully saturated rings. The lowest BCUT2D eigenvalue weighted by molar-refractivity contribution is -0.132. The van der Waals surface area contributed by atoms with Crippen molar-refractivity contribution >= 4 is 23.5 Å². The minimum Gasteiger partial charge on any atom is -0.497 e. The Morgan fingerprint density at radius 1 is 1.28 bits per heavy atom. The molecule has 0 aromatic heterocycles. The van der Waals surface area contributed by atoms with Gasteiger partial charge >= 0.3 is 0 Å². The highest BCUT2D eigenvalue weighted by Crippen LogP contribution is 2.21. The standard InChI is InChI=1S/C14H15NO3/c1-18-11-5-2-4-10(8-11)15-9-12-13(16)6-3-7-14(12)17/h2,4-5,8-9,12H,3,6-7H2,1H3. The van der Waals surface area contributed by atoms with Crippen LogP contribution in [0.15, 0.2) is 29.3 Å². The molecule has 0 amide bonds. The summed E-state index contributed by atoms with van der Waals surface area (Å²) in [7, 11) is 1.58. The minimum atomic E-state index is -0.662. The first-order chi connectivity index (χ1) is 8.70. The van der Waals surface area contributed by atoms with Gasteiger partial charge in [-0.2, -0.15) is 0 Å². The molecular weight excluding hydrogens is 230 g/mol. The van der Waals surface area contributed by atoms with Crippen molar-refractivity contribution in [1.29, 1.82) is 0 Å². The first-order valence-corrected chi connectivity index (χ1v) is 5.94. The van der Waals surface area contributed by atoms with Gasteiger partial charge in [-0.15, -0.1) is 0 Å². The van der Waals surface area contributed by atoms with Crippen LogP contribution in [0, 0.1) is 5.92 Å². The van der Waals surface area contributed by atoms with E-state index < -0.39 is 5.92 Å². The lowest BCUT2D eigenvalue weighted by atomic mass is 9.87. The molecule has 2 rings (SSSR count). The average molecular weight is 245 g/mol. The van der Waals surface area contributed by atoms with Gasteiger partial charge in [0, 0.05) is 25.1 Å². The fraction of sp³-hybridized carbons (Fsp3) is 0.357. The second-order valence-corrected chi connectivity index (χ2v) is 4.24. The summed E-state index contributed by atoms with van der Waals surface area (Å²) in [5.74, 6) is -0.0216. The quantitative estimate of drug-likeness (QED) is 0.606. The number of hydrogen-bond acceptors (Lipinski definition) is 4. The first kappa shape index (κ1) is 12.5. The summed E-state index contributed by atoms with van der Waals surface area (Å²) >= 11 is 0. The average Bonchev–Trinajstić information content (AvgIpc) is 2.38. The van der Waals surface area contributed by atoms with Gasteiger partial charge in [0.05, 0.1) is 12.8 Å². The van der Waals surface area contributed by atoms with E-state index in [-0.39, 0.29) is 11.6 Å². The summed E-state index contributed by atoms with van der Waals surface area (Å²) in [4.78, 5) is 27.4. The number of carbonyl (C=O) groups excluding carboxylic acids is 2. The van der Waals surface area contributed by atoms with Crippen LogP contribution in [0.5, 0.6) is 5.75 Å². The molecule has 18 heavy (non-hydrogen) atoms. The number of ketones is 2. The SMILES string of the molecule is COc1cccc(N=CC2C(=O)CCCC2=O)c1. The number of aliphatic imine (C=N–C) groups is 1. The summed E-state index contributed by atoms with van der Waals surface area (Å²) in [5, 5.41) is 0. The number of Topliss-reactive ketones (excluding diaryl/α,β-unsaturated/α-hetero) is 2. The lowest BCUT2D eigenvalue weighted by Crippen LogP contribution is -2.29. The second kappa shape index (κ2) is 5.58. The van der Waals surface area contributed by atoms with Gasteiger partial charge in [-0.25, -0.2) is 0 Å². The third-order valence-electron chi connectivity index (χ3n) is 2.97. The molecule has 0 unspecified atom stereocenters.